The second-order valence-corrected chi connectivity index (χ2v) is 7.58. The van der Waals surface area contributed by atoms with Crippen LogP contribution < -0.4 is 4.74 Å². The molecule has 1 unspecified atom stereocenters. The molecule has 6 heteroatoms. The van der Waals surface area contributed by atoms with E-state index in [2.05, 4.69) is 17.0 Å². The zero-order valence-electron chi connectivity index (χ0n) is 17.8. The first-order valence-electron chi connectivity index (χ1n) is 10.5. The van der Waals surface area contributed by atoms with Crippen molar-refractivity contribution in [3.05, 3.63) is 65.7 Å². The van der Waals surface area contributed by atoms with Crippen LogP contribution in [-0.2, 0) is 20.9 Å². The second-order valence-electron chi connectivity index (χ2n) is 7.58. The zero-order valence-corrected chi connectivity index (χ0v) is 17.8. The average Bonchev–Trinajstić information content (AvgIpc) is 2.76. The largest absolute Gasteiger partial charge is 0.493 e. The molecule has 1 aliphatic rings. The Morgan fingerprint density at radius 2 is 1.63 bits per heavy atom. The number of nitrogens with zero attached hydrogens (tertiary/aromatic N) is 2. The third kappa shape index (κ3) is 6.32. The number of esters is 1. The molecule has 0 spiro atoms. The van der Waals surface area contributed by atoms with Crippen LogP contribution in [0, 0.1) is 6.92 Å². The van der Waals surface area contributed by atoms with E-state index < -0.39 is 12.1 Å². The number of piperazine rings is 1. The number of rotatable bonds is 8. The Hall–Kier alpha value is -2.86. The van der Waals surface area contributed by atoms with Crippen molar-refractivity contribution in [2.75, 3.05) is 32.8 Å². The van der Waals surface area contributed by atoms with Crippen molar-refractivity contribution in [1.82, 2.24) is 9.80 Å². The van der Waals surface area contributed by atoms with Crippen LogP contribution in [0.4, 0.5) is 0 Å². The van der Waals surface area contributed by atoms with E-state index in [4.69, 9.17) is 9.47 Å². The van der Waals surface area contributed by atoms with Crippen molar-refractivity contribution in [3.63, 3.8) is 0 Å². The van der Waals surface area contributed by atoms with Crippen molar-refractivity contribution < 1.29 is 19.1 Å². The van der Waals surface area contributed by atoms with E-state index in [1.165, 1.54) is 5.56 Å². The number of para-hydroxylation sites is 1. The van der Waals surface area contributed by atoms with Gasteiger partial charge in [0.25, 0.3) is 5.91 Å². The van der Waals surface area contributed by atoms with Gasteiger partial charge in [0, 0.05) is 32.7 Å². The van der Waals surface area contributed by atoms with Gasteiger partial charge in [0.2, 0.25) is 0 Å². The van der Waals surface area contributed by atoms with Gasteiger partial charge in [0.05, 0.1) is 13.0 Å². The fourth-order valence-corrected chi connectivity index (χ4v) is 3.49. The lowest BCUT2D eigenvalue weighted by Crippen LogP contribution is -2.51. The molecular formula is C24H30N2O4. The predicted octanol–water partition coefficient (Wildman–Crippen LogP) is 3.04. The highest BCUT2D eigenvalue weighted by molar-refractivity contribution is 5.83. The minimum atomic E-state index is -0.781. The maximum atomic E-state index is 12.6. The van der Waals surface area contributed by atoms with Gasteiger partial charge >= 0.3 is 5.97 Å². The van der Waals surface area contributed by atoms with Crippen molar-refractivity contribution in [3.8, 4) is 5.75 Å². The van der Waals surface area contributed by atoms with Crippen LogP contribution in [0.5, 0.6) is 5.75 Å². The minimum absolute atomic E-state index is 0.108. The van der Waals surface area contributed by atoms with Gasteiger partial charge in [-0.2, -0.15) is 0 Å². The summed E-state index contributed by atoms with van der Waals surface area (Å²) < 4.78 is 11.0. The molecule has 1 amide bonds. The van der Waals surface area contributed by atoms with Crippen molar-refractivity contribution in [1.29, 1.82) is 0 Å². The second kappa shape index (κ2) is 10.8. The molecule has 6 nitrogen and oxygen atoms in total. The predicted molar refractivity (Wildman–Crippen MR) is 115 cm³/mol. The number of amides is 1. The Labute approximate surface area is 178 Å². The summed E-state index contributed by atoms with van der Waals surface area (Å²) in [5.74, 6) is 0.192. The highest BCUT2D eigenvalue weighted by Gasteiger charge is 2.27. The first-order chi connectivity index (χ1) is 14.5. The first kappa shape index (κ1) is 21.8. The Morgan fingerprint density at radius 3 is 2.33 bits per heavy atom. The van der Waals surface area contributed by atoms with Crippen LogP contribution in [0.2, 0.25) is 0 Å². The molecule has 2 aromatic carbocycles. The van der Waals surface area contributed by atoms with Crippen LogP contribution in [0.3, 0.4) is 0 Å². The van der Waals surface area contributed by atoms with Gasteiger partial charge in [-0.25, -0.2) is 0 Å². The maximum Gasteiger partial charge on any atom is 0.310 e. The molecular weight excluding hydrogens is 380 g/mol. The molecule has 1 fully saturated rings. The van der Waals surface area contributed by atoms with E-state index in [1.807, 2.05) is 49.4 Å². The molecule has 1 aliphatic heterocycles. The number of benzene rings is 2. The Balaban J connectivity index is 1.37. The Kier molecular flexibility index (Phi) is 7.85. The highest BCUT2D eigenvalue weighted by Crippen LogP contribution is 2.16. The lowest BCUT2D eigenvalue weighted by atomic mass is 10.2. The lowest BCUT2D eigenvalue weighted by Gasteiger charge is -2.35. The van der Waals surface area contributed by atoms with Gasteiger partial charge in [-0.3, -0.25) is 14.5 Å². The van der Waals surface area contributed by atoms with Crippen LogP contribution >= 0.6 is 0 Å². The smallest absolute Gasteiger partial charge is 0.310 e. The highest BCUT2D eigenvalue weighted by atomic mass is 16.6. The molecule has 0 bridgehead atoms. The van der Waals surface area contributed by atoms with Gasteiger partial charge in [0.15, 0.2) is 6.10 Å². The number of hydrogen-bond donors (Lipinski definition) is 0. The summed E-state index contributed by atoms with van der Waals surface area (Å²) in [5, 5.41) is 0. The van der Waals surface area contributed by atoms with E-state index in [1.54, 1.807) is 11.8 Å². The number of carbonyl (C=O) groups is 2. The average molecular weight is 411 g/mol. The monoisotopic (exact) mass is 410 g/mol. The van der Waals surface area contributed by atoms with Crippen LogP contribution in [-0.4, -0.2) is 60.6 Å². The topological polar surface area (TPSA) is 59.1 Å². The van der Waals surface area contributed by atoms with Gasteiger partial charge in [-0.1, -0.05) is 48.5 Å². The van der Waals surface area contributed by atoms with E-state index in [0.717, 1.165) is 30.9 Å². The normalized spacial score (nSPS) is 15.5. The lowest BCUT2D eigenvalue weighted by molar-refractivity contribution is -0.160. The van der Waals surface area contributed by atoms with Crippen LogP contribution in [0.25, 0.3) is 0 Å². The summed E-state index contributed by atoms with van der Waals surface area (Å²) in [5.41, 5.74) is 2.29. The van der Waals surface area contributed by atoms with Crippen molar-refractivity contribution in [2.24, 2.45) is 0 Å². The zero-order chi connectivity index (χ0) is 21.3. The molecule has 0 radical (unpaired) electrons. The Bertz CT molecular complexity index is 832. The fourth-order valence-electron chi connectivity index (χ4n) is 3.49. The first-order valence-corrected chi connectivity index (χ1v) is 10.5. The molecule has 1 saturated heterocycles. The SMILES string of the molecule is Cc1ccccc1OCCC(=O)OC(C)C(=O)N1CCN(Cc2ccccc2)CC1. The molecule has 0 saturated carbocycles. The number of carbonyl (C=O) groups excluding carboxylic acids is 2. The third-order valence-corrected chi connectivity index (χ3v) is 5.25. The summed E-state index contributed by atoms with van der Waals surface area (Å²) in [7, 11) is 0. The van der Waals surface area contributed by atoms with Crippen molar-refractivity contribution >= 4 is 11.9 Å². The third-order valence-electron chi connectivity index (χ3n) is 5.25. The molecule has 0 N–H and O–H groups in total. The Morgan fingerprint density at radius 1 is 0.967 bits per heavy atom. The molecule has 160 valence electrons. The summed E-state index contributed by atoms with van der Waals surface area (Å²) in [6.07, 6.45) is -0.673. The van der Waals surface area contributed by atoms with E-state index >= 15 is 0 Å². The summed E-state index contributed by atoms with van der Waals surface area (Å²) in [6, 6.07) is 18.0. The fraction of sp³-hybridized carbons (Fsp3) is 0.417. The van der Waals surface area contributed by atoms with Crippen LogP contribution in [0.1, 0.15) is 24.5 Å². The van der Waals surface area contributed by atoms with E-state index in [-0.39, 0.29) is 18.9 Å². The summed E-state index contributed by atoms with van der Waals surface area (Å²) in [6.45, 7) is 7.61. The molecule has 1 atom stereocenters. The number of hydrogen-bond acceptors (Lipinski definition) is 5. The molecule has 2 aromatic rings. The maximum absolute atomic E-state index is 12.6. The molecule has 0 aliphatic carbocycles. The van der Waals surface area contributed by atoms with Gasteiger partial charge < -0.3 is 14.4 Å². The van der Waals surface area contributed by atoms with E-state index in [0.29, 0.717) is 13.1 Å². The number of ether oxygens (including phenoxy) is 2. The van der Waals surface area contributed by atoms with E-state index in [9.17, 15) is 9.59 Å². The summed E-state index contributed by atoms with van der Waals surface area (Å²) >= 11 is 0. The van der Waals surface area contributed by atoms with Gasteiger partial charge in [0.1, 0.15) is 5.75 Å². The molecule has 3 rings (SSSR count). The van der Waals surface area contributed by atoms with Gasteiger partial charge in [-0.05, 0) is 31.0 Å². The molecule has 0 aromatic heterocycles. The van der Waals surface area contributed by atoms with Crippen molar-refractivity contribution in [2.45, 2.75) is 32.9 Å². The quantitative estimate of drug-likeness (QED) is 0.626. The van der Waals surface area contributed by atoms with Gasteiger partial charge in [-0.15, -0.1) is 0 Å². The molecule has 1 heterocycles. The standard InChI is InChI=1S/C24H30N2O4/c1-19-8-6-7-11-22(19)29-17-12-23(27)30-20(2)24(28)26-15-13-25(14-16-26)18-21-9-4-3-5-10-21/h3-11,20H,12-18H2,1-2H3. The minimum Gasteiger partial charge on any atom is -0.493 e. The number of aryl methyl sites for hydroxylation is 1. The summed E-state index contributed by atoms with van der Waals surface area (Å²) in [4.78, 5) is 28.8. The van der Waals surface area contributed by atoms with Crippen LogP contribution in [0.15, 0.2) is 54.6 Å². The molecule has 30 heavy (non-hydrogen) atoms.